The molecule has 0 saturated heterocycles. The van der Waals surface area contributed by atoms with Gasteiger partial charge in [0.2, 0.25) is 11.9 Å². The second kappa shape index (κ2) is 11.6. The number of aryl methyl sites for hydroxylation is 1. The van der Waals surface area contributed by atoms with Gasteiger partial charge in [0.15, 0.2) is 0 Å². The van der Waals surface area contributed by atoms with E-state index < -0.39 is 11.6 Å². The van der Waals surface area contributed by atoms with Crippen LogP contribution in [0.1, 0.15) is 55.5 Å². The molecule has 8 nitrogen and oxygen atoms in total. The maximum atomic E-state index is 14.2. The van der Waals surface area contributed by atoms with Crippen LogP contribution < -0.4 is 16.0 Å². The topological polar surface area (TPSA) is 105 Å². The van der Waals surface area contributed by atoms with Crippen molar-refractivity contribution in [2.75, 3.05) is 24.2 Å². The van der Waals surface area contributed by atoms with Gasteiger partial charge in [-0.05, 0) is 50.8 Å². The first-order valence-electron chi connectivity index (χ1n) is 13.2. The summed E-state index contributed by atoms with van der Waals surface area (Å²) in [5, 5.41) is 9.84. The van der Waals surface area contributed by atoms with E-state index in [-0.39, 0.29) is 29.9 Å². The van der Waals surface area contributed by atoms with Crippen LogP contribution in [0.2, 0.25) is 0 Å². The molecule has 1 aromatic carbocycles. The van der Waals surface area contributed by atoms with Crippen LogP contribution in [0.5, 0.6) is 0 Å². The van der Waals surface area contributed by atoms with E-state index in [1.165, 1.54) is 18.2 Å². The number of halogens is 2. The van der Waals surface area contributed by atoms with Crippen molar-refractivity contribution < 1.29 is 13.6 Å². The van der Waals surface area contributed by atoms with Gasteiger partial charge in [0.1, 0.15) is 28.0 Å². The summed E-state index contributed by atoms with van der Waals surface area (Å²) in [5.41, 5.74) is 3.29. The molecule has 4 aromatic rings. The van der Waals surface area contributed by atoms with Crippen molar-refractivity contribution in [3.8, 4) is 10.6 Å². The molecule has 0 spiro atoms. The zero-order chi connectivity index (χ0) is 27.5. The van der Waals surface area contributed by atoms with Crippen LogP contribution in [0.4, 0.5) is 20.5 Å². The third-order valence-corrected chi connectivity index (χ3v) is 8.02. The number of nitrogens with one attached hydrogen (secondary N) is 3. The monoisotopic (exact) mass is 551 g/mol. The van der Waals surface area contributed by atoms with Gasteiger partial charge in [0.05, 0.1) is 21.7 Å². The van der Waals surface area contributed by atoms with Gasteiger partial charge >= 0.3 is 0 Å². The van der Waals surface area contributed by atoms with Crippen LogP contribution in [-0.4, -0.2) is 39.4 Å². The minimum Gasteiger partial charge on any atom is -0.369 e. The Kier molecular flexibility index (Phi) is 7.97. The van der Waals surface area contributed by atoms with E-state index in [0.717, 1.165) is 39.3 Å². The lowest BCUT2D eigenvalue weighted by Gasteiger charge is -2.17. The molecule has 39 heavy (non-hydrogen) atoms. The number of pyridine rings is 1. The number of aromatic nitrogens is 4. The van der Waals surface area contributed by atoms with E-state index in [9.17, 15) is 13.6 Å². The average molecular weight is 552 g/mol. The summed E-state index contributed by atoms with van der Waals surface area (Å²) in [6, 6.07) is 5.74. The summed E-state index contributed by atoms with van der Waals surface area (Å²) in [5.74, 6) is -0.164. The Hall–Kier alpha value is -3.73. The minimum absolute atomic E-state index is 0.000981. The lowest BCUT2D eigenvalue weighted by molar-refractivity contribution is -0.124. The summed E-state index contributed by atoms with van der Waals surface area (Å²) < 4.78 is 29.4. The Balaban J connectivity index is 1.48. The fraction of sp³-hybridized carbons (Fsp3) is 0.393. The minimum atomic E-state index is -0.636. The van der Waals surface area contributed by atoms with Gasteiger partial charge in [0.25, 0.3) is 0 Å². The summed E-state index contributed by atoms with van der Waals surface area (Å²) >= 11 is 1.56. The Bertz CT molecular complexity index is 1480. The van der Waals surface area contributed by atoms with Crippen molar-refractivity contribution in [2.24, 2.45) is 5.92 Å². The molecule has 3 aromatic heterocycles. The summed E-state index contributed by atoms with van der Waals surface area (Å²) in [7, 11) is 1.64. The second-order valence-electron chi connectivity index (χ2n) is 9.68. The summed E-state index contributed by atoms with van der Waals surface area (Å²) in [6.45, 7) is 4.23. The molecule has 1 atom stereocenters. The van der Waals surface area contributed by atoms with Gasteiger partial charge in [0, 0.05) is 43.7 Å². The number of benzene rings is 1. The van der Waals surface area contributed by atoms with Crippen molar-refractivity contribution in [1.82, 2.24) is 25.3 Å². The van der Waals surface area contributed by atoms with E-state index >= 15 is 0 Å². The molecule has 11 heteroatoms. The molecule has 0 aliphatic heterocycles. The maximum absolute atomic E-state index is 14.2. The highest BCUT2D eigenvalue weighted by Gasteiger charge is 2.29. The predicted molar refractivity (Wildman–Crippen MR) is 150 cm³/mol. The number of anilines is 2. The van der Waals surface area contributed by atoms with Gasteiger partial charge in [-0.15, -0.1) is 11.3 Å². The molecular weight excluding hydrogens is 520 g/mol. The molecule has 204 valence electrons. The van der Waals surface area contributed by atoms with E-state index in [2.05, 4.69) is 30.9 Å². The van der Waals surface area contributed by atoms with Gasteiger partial charge < -0.3 is 16.0 Å². The number of rotatable bonds is 11. The van der Waals surface area contributed by atoms with Crippen LogP contribution in [0.3, 0.4) is 0 Å². The molecule has 3 N–H and O–H groups in total. The SMILES string of the molecule is CCC(CCNc1nc(NCc2c(F)cccc2F)nc(C)c1-c1nc2c(C3CC3)nccc2s1)C(=O)NC. The van der Waals surface area contributed by atoms with Gasteiger partial charge in [-0.2, -0.15) is 4.98 Å². The molecule has 1 unspecified atom stereocenters. The normalized spacial score (nSPS) is 13.9. The van der Waals surface area contributed by atoms with Crippen LogP contribution in [0.25, 0.3) is 20.8 Å². The first-order chi connectivity index (χ1) is 18.9. The zero-order valence-electron chi connectivity index (χ0n) is 22.1. The average Bonchev–Trinajstić information content (AvgIpc) is 3.68. The largest absolute Gasteiger partial charge is 0.369 e. The van der Waals surface area contributed by atoms with Crippen molar-refractivity contribution in [1.29, 1.82) is 0 Å². The second-order valence-corrected chi connectivity index (χ2v) is 10.7. The Labute approximate surface area is 229 Å². The molecule has 1 aliphatic rings. The highest BCUT2D eigenvalue weighted by molar-refractivity contribution is 7.21. The lowest BCUT2D eigenvalue weighted by atomic mass is 10.0. The van der Waals surface area contributed by atoms with E-state index in [1.54, 1.807) is 18.4 Å². The lowest BCUT2D eigenvalue weighted by Crippen LogP contribution is -2.28. The molecule has 0 bridgehead atoms. The smallest absolute Gasteiger partial charge is 0.225 e. The molecule has 5 rings (SSSR count). The predicted octanol–water partition coefficient (Wildman–Crippen LogP) is 5.80. The molecular formula is C28H31F2N7OS. The summed E-state index contributed by atoms with van der Waals surface area (Å²) in [6.07, 6.45) is 5.41. The first kappa shape index (κ1) is 26.9. The first-order valence-corrected chi connectivity index (χ1v) is 14.0. The zero-order valence-corrected chi connectivity index (χ0v) is 23.0. The number of nitrogens with zero attached hydrogens (tertiary/aromatic N) is 4. The van der Waals surface area contributed by atoms with Crippen LogP contribution in [0, 0.1) is 24.5 Å². The third kappa shape index (κ3) is 5.83. The highest BCUT2D eigenvalue weighted by Crippen LogP contribution is 2.44. The van der Waals surface area contributed by atoms with Crippen LogP contribution >= 0.6 is 11.3 Å². The number of hydrogen-bond donors (Lipinski definition) is 3. The quantitative estimate of drug-likeness (QED) is 0.216. The van der Waals surface area contributed by atoms with Crippen LogP contribution in [0.15, 0.2) is 30.5 Å². The number of fused-ring (bicyclic) bond motifs is 1. The molecule has 1 amide bonds. The Morgan fingerprint density at radius 1 is 1.13 bits per heavy atom. The number of carbonyl (C=O) groups is 1. The van der Waals surface area contributed by atoms with Gasteiger partial charge in [-0.25, -0.2) is 18.7 Å². The molecule has 0 radical (unpaired) electrons. The number of hydrogen-bond acceptors (Lipinski definition) is 8. The van der Waals surface area contributed by atoms with E-state index in [4.69, 9.17) is 4.98 Å². The fourth-order valence-corrected chi connectivity index (χ4v) is 5.70. The van der Waals surface area contributed by atoms with Gasteiger partial charge in [-0.3, -0.25) is 9.78 Å². The van der Waals surface area contributed by atoms with Gasteiger partial charge in [-0.1, -0.05) is 13.0 Å². The molecule has 1 fully saturated rings. The number of carbonyl (C=O) groups excluding carboxylic acids is 1. The Morgan fingerprint density at radius 3 is 2.59 bits per heavy atom. The molecule has 3 heterocycles. The molecule has 1 saturated carbocycles. The van der Waals surface area contributed by atoms with Crippen molar-refractivity contribution in [2.45, 2.75) is 52.0 Å². The summed E-state index contributed by atoms with van der Waals surface area (Å²) in [4.78, 5) is 31.0. The maximum Gasteiger partial charge on any atom is 0.225 e. The standard InChI is InChI=1S/C28H31F2N7OS/c1-4-16(26(38)31-3)10-12-33-25-22(27-36-24-21(39-27)11-13-32-23(24)17-8-9-17)15(2)35-28(37-25)34-14-18-19(29)6-5-7-20(18)30/h5-7,11,13,16-17H,4,8-10,12,14H2,1-3H3,(H,31,38)(H2,33,34,35,37). The highest BCUT2D eigenvalue weighted by atomic mass is 32.1. The van der Waals surface area contributed by atoms with Crippen molar-refractivity contribution >= 4 is 39.2 Å². The van der Waals surface area contributed by atoms with Crippen molar-refractivity contribution in [3.63, 3.8) is 0 Å². The van der Waals surface area contributed by atoms with E-state index in [1.807, 2.05) is 26.1 Å². The fourth-order valence-electron chi connectivity index (χ4n) is 4.63. The van der Waals surface area contributed by atoms with Crippen LogP contribution in [-0.2, 0) is 11.3 Å². The number of thiazole rings is 1. The number of amides is 1. The Morgan fingerprint density at radius 2 is 1.90 bits per heavy atom. The van der Waals surface area contributed by atoms with Crippen molar-refractivity contribution in [3.05, 3.63) is 59.0 Å². The molecule has 1 aliphatic carbocycles. The van der Waals surface area contributed by atoms with E-state index in [0.29, 0.717) is 36.8 Å². The third-order valence-electron chi connectivity index (χ3n) is 6.98.